The normalized spacial score (nSPS) is 10.0. The fourth-order valence-electron chi connectivity index (χ4n) is 1.59. The number of thioether (sulfide) groups is 1. The van der Waals surface area contributed by atoms with Gasteiger partial charge in [0.1, 0.15) is 13.2 Å². The average Bonchev–Trinajstić information content (AvgIpc) is 2.58. The van der Waals surface area contributed by atoms with Crippen LogP contribution in [0.4, 0.5) is 0 Å². The summed E-state index contributed by atoms with van der Waals surface area (Å²) in [6.45, 7) is 0.0872. The standard InChI is InChI=1S/C16H16N2O3S/c19-15(12-22-14-6-8-17-9-7-14)18-10-16(20)21-11-13-4-2-1-3-5-13/h1-9H,10-12H2,(H,18,19). The number of hydrogen-bond acceptors (Lipinski definition) is 5. The Morgan fingerprint density at radius 3 is 2.55 bits per heavy atom. The first-order valence-electron chi connectivity index (χ1n) is 6.73. The molecule has 2 rings (SSSR count). The molecule has 0 fully saturated rings. The highest BCUT2D eigenvalue weighted by Crippen LogP contribution is 2.15. The van der Waals surface area contributed by atoms with Crippen LogP contribution in [0.1, 0.15) is 5.56 Å². The number of carbonyl (C=O) groups is 2. The summed E-state index contributed by atoms with van der Waals surface area (Å²) in [6, 6.07) is 13.0. The van der Waals surface area contributed by atoms with Crippen molar-refractivity contribution >= 4 is 23.6 Å². The van der Waals surface area contributed by atoms with E-state index in [0.717, 1.165) is 10.5 Å². The third kappa shape index (κ3) is 5.97. The van der Waals surface area contributed by atoms with Gasteiger partial charge in [-0.05, 0) is 17.7 Å². The topological polar surface area (TPSA) is 68.3 Å². The van der Waals surface area contributed by atoms with E-state index in [0.29, 0.717) is 0 Å². The molecule has 1 aromatic carbocycles. The van der Waals surface area contributed by atoms with E-state index in [4.69, 9.17) is 4.74 Å². The molecule has 0 radical (unpaired) electrons. The van der Waals surface area contributed by atoms with Gasteiger partial charge < -0.3 is 10.1 Å². The molecule has 0 saturated carbocycles. The summed E-state index contributed by atoms with van der Waals surface area (Å²) < 4.78 is 5.07. The van der Waals surface area contributed by atoms with Crippen molar-refractivity contribution in [2.75, 3.05) is 12.3 Å². The molecule has 2 aromatic rings. The maximum atomic E-state index is 11.6. The summed E-state index contributed by atoms with van der Waals surface area (Å²) in [7, 11) is 0. The van der Waals surface area contributed by atoms with Crippen LogP contribution in [-0.4, -0.2) is 29.2 Å². The van der Waals surface area contributed by atoms with E-state index < -0.39 is 5.97 Å². The first kappa shape index (κ1) is 16.0. The Morgan fingerprint density at radius 2 is 1.82 bits per heavy atom. The Hall–Kier alpha value is -2.34. The number of nitrogens with zero attached hydrogens (tertiary/aromatic N) is 1. The van der Waals surface area contributed by atoms with Crippen molar-refractivity contribution in [1.82, 2.24) is 10.3 Å². The molecular formula is C16H16N2O3S. The summed E-state index contributed by atoms with van der Waals surface area (Å²) >= 11 is 1.39. The average molecular weight is 316 g/mol. The van der Waals surface area contributed by atoms with Crippen LogP contribution in [0.25, 0.3) is 0 Å². The Bertz CT molecular complexity index is 550. The first-order chi connectivity index (χ1) is 10.7. The number of nitrogens with one attached hydrogen (secondary N) is 1. The maximum absolute atomic E-state index is 11.6. The van der Waals surface area contributed by atoms with Crippen LogP contribution in [0.3, 0.4) is 0 Å². The lowest BCUT2D eigenvalue weighted by atomic mass is 10.2. The molecule has 1 N–H and O–H groups in total. The van der Waals surface area contributed by atoms with E-state index in [9.17, 15) is 9.59 Å². The van der Waals surface area contributed by atoms with Crippen molar-refractivity contribution in [3.05, 3.63) is 60.4 Å². The fraction of sp³-hybridized carbons (Fsp3) is 0.188. The van der Waals surface area contributed by atoms with Crippen molar-refractivity contribution in [1.29, 1.82) is 0 Å². The molecule has 0 bridgehead atoms. The molecule has 0 saturated heterocycles. The molecule has 0 unspecified atom stereocenters. The highest BCUT2D eigenvalue weighted by Gasteiger charge is 2.07. The molecule has 5 nitrogen and oxygen atoms in total. The third-order valence-electron chi connectivity index (χ3n) is 2.69. The summed E-state index contributed by atoms with van der Waals surface area (Å²) in [5.74, 6) is -0.416. The van der Waals surface area contributed by atoms with Crippen molar-refractivity contribution < 1.29 is 14.3 Å². The third-order valence-corrected chi connectivity index (χ3v) is 3.70. The molecule has 1 amide bonds. The van der Waals surface area contributed by atoms with Crippen LogP contribution in [0.5, 0.6) is 0 Å². The Balaban J connectivity index is 1.62. The summed E-state index contributed by atoms with van der Waals surface area (Å²) in [5, 5.41) is 2.54. The monoisotopic (exact) mass is 316 g/mol. The second-order valence-corrected chi connectivity index (χ2v) is 5.44. The van der Waals surface area contributed by atoms with Gasteiger partial charge in [-0.15, -0.1) is 11.8 Å². The Morgan fingerprint density at radius 1 is 1.09 bits per heavy atom. The number of pyridine rings is 1. The minimum absolute atomic E-state index is 0.122. The summed E-state index contributed by atoms with van der Waals surface area (Å²) in [4.78, 5) is 28.0. The number of aromatic nitrogens is 1. The Labute approximate surface area is 133 Å². The van der Waals surface area contributed by atoms with Gasteiger partial charge in [-0.2, -0.15) is 0 Å². The second kappa shape index (κ2) is 8.84. The molecule has 1 heterocycles. The number of benzene rings is 1. The van der Waals surface area contributed by atoms with Crippen molar-refractivity contribution in [2.24, 2.45) is 0 Å². The summed E-state index contributed by atoms with van der Waals surface area (Å²) in [5.41, 5.74) is 0.912. The molecule has 1 aromatic heterocycles. The smallest absolute Gasteiger partial charge is 0.325 e. The van der Waals surface area contributed by atoms with E-state index in [1.165, 1.54) is 11.8 Å². The maximum Gasteiger partial charge on any atom is 0.325 e. The summed E-state index contributed by atoms with van der Waals surface area (Å²) in [6.07, 6.45) is 3.34. The molecule has 0 aliphatic carbocycles. The van der Waals surface area contributed by atoms with Gasteiger partial charge in [0, 0.05) is 17.3 Å². The van der Waals surface area contributed by atoms with E-state index in [1.54, 1.807) is 12.4 Å². The van der Waals surface area contributed by atoms with E-state index in [-0.39, 0.29) is 24.8 Å². The van der Waals surface area contributed by atoms with Crippen LogP contribution in [0.2, 0.25) is 0 Å². The largest absolute Gasteiger partial charge is 0.460 e. The predicted octanol–water partition coefficient (Wildman–Crippen LogP) is 2.03. The van der Waals surface area contributed by atoms with E-state index in [1.807, 2.05) is 42.5 Å². The van der Waals surface area contributed by atoms with Crippen molar-refractivity contribution in [3.8, 4) is 0 Å². The zero-order valence-corrected chi connectivity index (χ0v) is 12.7. The quantitative estimate of drug-likeness (QED) is 0.625. The molecule has 0 aliphatic rings. The number of amides is 1. The highest BCUT2D eigenvalue weighted by molar-refractivity contribution is 8.00. The molecule has 6 heteroatoms. The lowest BCUT2D eigenvalue weighted by Crippen LogP contribution is -2.31. The number of rotatable bonds is 7. The number of ether oxygens (including phenoxy) is 1. The van der Waals surface area contributed by atoms with E-state index in [2.05, 4.69) is 10.3 Å². The number of hydrogen-bond donors (Lipinski definition) is 1. The molecule has 0 spiro atoms. The van der Waals surface area contributed by atoms with Crippen LogP contribution in [0.15, 0.2) is 59.8 Å². The lowest BCUT2D eigenvalue weighted by Gasteiger charge is -2.06. The number of esters is 1. The van der Waals surface area contributed by atoms with Gasteiger partial charge in [0.2, 0.25) is 5.91 Å². The Kier molecular flexibility index (Phi) is 6.44. The highest BCUT2D eigenvalue weighted by atomic mass is 32.2. The molecule has 22 heavy (non-hydrogen) atoms. The fourth-order valence-corrected chi connectivity index (χ4v) is 2.31. The minimum Gasteiger partial charge on any atom is -0.460 e. The zero-order chi connectivity index (χ0) is 15.6. The van der Waals surface area contributed by atoms with Crippen molar-refractivity contribution in [2.45, 2.75) is 11.5 Å². The molecule has 114 valence electrons. The lowest BCUT2D eigenvalue weighted by molar-refractivity contribution is -0.145. The molecule has 0 atom stereocenters. The van der Waals surface area contributed by atoms with Gasteiger partial charge in [0.15, 0.2) is 0 Å². The van der Waals surface area contributed by atoms with Crippen LogP contribution >= 0.6 is 11.8 Å². The predicted molar refractivity (Wildman–Crippen MR) is 84.2 cm³/mol. The van der Waals surface area contributed by atoms with Gasteiger partial charge in [-0.1, -0.05) is 30.3 Å². The van der Waals surface area contributed by atoms with Gasteiger partial charge in [-0.25, -0.2) is 0 Å². The van der Waals surface area contributed by atoms with Crippen LogP contribution in [0, 0.1) is 0 Å². The minimum atomic E-state index is -0.453. The van der Waals surface area contributed by atoms with Crippen LogP contribution in [-0.2, 0) is 20.9 Å². The SMILES string of the molecule is O=C(CSc1ccncc1)NCC(=O)OCc1ccccc1. The van der Waals surface area contributed by atoms with Gasteiger partial charge in [-0.3, -0.25) is 14.6 Å². The van der Waals surface area contributed by atoms with Crippen LogP contribution < -0.4 is 5.32 Å². The van der Waals surface area contributed by atoms with Gasteiger partial charge in [0.05, 0.1) is 5.75 Å². The van der Waals surface area contributed by atoms with Gasteiger partial charge in [0.25, 0.3) is 0 Å². The number of carbonyl (C=O) groups excluding carboxylic acids is 2. The second-order valence-electron chi connectivity index (χ2n) is 4.39. The zero-order valence-electron chi connectivity index (χ0n) is 11.9. The van der Waals surface area contributed by atoms with E-state index >= 15 is 0 Å². The molecule has 0 aliphatic heterocycles. The first-order valence-corrected chi connectivity index (χ1v) is 7.71. The van der Waals surface area contributed by atoms with Crippen molar-refractivity contribution in [3.63, 3.8) is 0 Å². The molecular weight excluding hydrogens is 300 g/mol. The van der Waals surface area contributed by atoms with Gasteiger partial charge >= 0.3 is 5.97 Å².